The summed E-state index contributed by atoms with van der Waals surface area (Å²) in [6.07, 6.45) is 3.16. The van der Waals surface area contributed by atoms with Gasteiger partial charge in [-0.1, -0.05) is 18.2 Å². The Morgan fingerprint density at radius 3 is 2.48 bits per heavy atom. The number of aromatic nitrogens is 1. The summed E-state index contributed by atoms with van der Waals surface area (Å²) in [5.74, 6) is 0.141. The molecule has 2 N–H and O–H groups in total. The van der Waals surface area contributed by atoms with Gasteiger partial charge in [-0.05, 0) is 47.5 Å². The van der Waals surface area contributed by atoms with Crippen LogP contribution in [0.15, 0.2) is 67.0 Å². The molecule has 2 aromatic carbocycles. The Morgan fingerprint density at radius 1 is 1.07 bits per heavy atom. The number of hydrogen-bond donors (Lipinski definition) is 2. The zero-order valence-electron chi connectivity index (χ0n) is 14.9. The fraction of sp³-hybridized carbons (Fsp3) is 0.143. The van der Waals surface area contributed by atoms with Crippen molar-refractivity contribution < 1.29 is 13.9 Å². The monoisotopic (exact) mass is 365 g/mol. The van der Waals surface area contributed by atoms with Crippen molar-refractivity contribution in [3.05, 3.63) is 83.9 Å². The van der Waals surface area contributed by atoms with Gasteiger partial charge in [-0.2, -0.15) is 0 Å². The molecule has 0 unspecified atom stereocenters. The summed E-state index contributed by atoms with van der Waals surface area (Å²) in [6, 6.07) is 15.9. The highest BCUT2D eigenvalue weighted by atomic mass is 19.1. The predicted molar refractivity (Wildman–Crippen MR) is 102 cm³/mol. The first-order valence-corrected chi connectivity index (χ1v) is 8.54. The zero-order valence-corrected chi connectivity index (χ0v) is 14.9. The van der Waals surface area contributed by atoms with Crippen LogP contribution in [0.25, 0.3) is 0 Å². The van der Waals surface area contributed by atoms with E-state index in [1.807, 2.05) is 30.3 Å². The van der Waals surface area contributed by atoms with Crippen LogP contribution < -0.4 is 15.4 Å². The van der Waals surface area contributed by atoms with Gasteiger partial charge in [-0.15, -0.1) is 0 Å². The quantitative estimate of drug-likeness (QED) is 0.657. The Kier molecular flexibility index (Phi) is 6.12. The largest absolute Gasteiger partial charge is 0.453 e. The molecule has 6 heteroatoms. The normalized spacial score (nSPS) is 10.4. The van der Waals surface area contributed by atoms with E-state index in [2.05, 4.69) is 15.6 Å². The predicted octanol–water partition coefficient (Wildman–Crippen LogP) is 4.26. The molecule has 0 atom stereocenters. The SMILES string of the molecule is CC(=O)Nc1ccc(CNCc2ccc(Oc3cccnc3)c(F)c2)cc1. The Hall–Kier alpha value is -3.25. The van der Waals surface area contributed by atoms with Crippen LogP contribution >= 0.6 is 0 Å². The smallest absolute Gasteiger partial charge is 0.221 e. The fourth-order valence-electron chi connectivity index (χ4n) is 2.53. The number of pyridine rings is 1. The molecule has 0 saturated heterocycles. The molecule has 0 aliphatic heterocycles. The lowest BCUT2D eigenvalue weighted by Crippen LogP contribution is -2.13. The van der Waals surface area contributed by atoms with Crippen LogP contribution in [0.4, 0.5) is 10.1 Å². The number of ether oxygens (including phenoxy) is 1. The van der Waals surface area contributed by atoms with E-state index in [9.17, 15) is 9.18 Å². The van der Waals surface area contributed by atoms with Crippen LogP contribution in [0.5, 0.6) is 11.5 Å². The average Bonchev–Trinajstić information content (AvgIpc) is 2.66. The van der Waals surface area contributed by atoms with Crippen molar-refractivity contribution >= 4 is 11.6 Å². The van der Waals surface area contributed by atoms with Gasteiger partial charge < -0.3 is 15.4 Å². The summed E-state index contributed by atoms with van der Waals surface area (Å²) < 4.78 is 19.7. The highest BCUT2D eigenvalue weighted by Gasteiger charge is 2.06. The van der Waals surface area contributed by atoms with E-state index in [0.717, 1.165) is 16.8 Å². The number of nitrogens with zero attached hydrogens (tertiary/aromatic N) is 1. The lowest BCUT2D eigenvalue weighted by molar-refractivity contribution is -0.114. The highest BCUT2D eigenvalue weighted by Crippen LogP contribution is 2.24. The van der Waals surface area contributed by atoms with E-state index in [-0.39, 0.29) is 11.7 Å². The maximum absolute atomic E-state index is 14.2. The van der Waals surface area contributed by atoms with E-state index < -0.39 is 5.82 Å². The van der Waals surface area contributed by atoms with E-state index in [1.54, 1.807) is 24.4 Å². The second-order valence-electron chi connectivity index (χ2n) is 6.04. The van der Waals surface area contributed by atoms with Crippen LogP contribution in [0, 0.1) is 5.82 Å². The second-order valence-corrected chi connectivity index (χ2v) is 6.04. The van der Waals surface area contributed by atoms with Crippen molar-refractivity contribution in [2.45, 2.75) is 20.0 Å². The fourth-order valence-corrected chi connectivity index (χ4v) is 2.53. The Labute approximate surface area is 157 Å². The Bertz CT molecular complexity index is 899. The maximum atomic E-state index is 14.2. The van der Waals surface area contributed by atoms with Crippen LogP contribution in [-0.4, -0.2) is 10.9 Å². The Balaban J connectivity index is 1.52. The number of anilines is 1. The molecule has 1 heterocycles. The molecule has 0 aliphatic rings. The van der Waals surface area contributed by atoms with Gasteiger partial charge in [0, 0.05) is 31.9 Å². The minimum absolute atomic E-state index is 0.0983. The molecular weight excluding hydrogens is 345 g/mol. The average molecular weight is 365 g/mol. The highest BCUT2D eigenvalue weighted by molar-refractivity contribution is 5.88. The van der Waals surface area contributed by atoms with Gasteiger partial charge in [0.1, 0.15) is 5.75 Å². The minimum Gasteiger partial charge on any atom is -0.453 e. The number of carbonyl (C=O) groups excluding carboxylic acids is 1. The van der Waals surface area contributed by atoms with Crippen LogP contribution in [0.1, 0.15) is 18.1 Å². The van der Waals surface area contributed by atoms with Gasteiger partial charge in [0.2, 0.25) is 5.91 Å². The number of rotatable bonds is 7. The molecule has 27 heavy (non-hydrogen) atoms. The lowest BCUT2D eigenvalue weighted by atomic mass is 10.2. The molecule has 5 nitrogen and oxygen atoms in total. The number of carbonyl (C=O) groups is 1. The summed E-state index contributed by atoms with van der Waals surface area (Å²) in [5, 5.41) is 6.00. The van der Waals surface area contributed by atoms with E-state index in [4.69, 9.17) is 4.74 Å². The van der Waals surface area contributed by atoms with Gasteiger partial charge >= 0.3 is 0 Å². The number of hydrogen-bond acceptors (Lipinski definition) is 4. The lowest BCUT2D eigenvalue weighted by Gasteiger charge is -2.09. The maximum Gasteiger partial charge on any atom is 0.221 e. The second kappa shape index (κ2) is 8.91. The molecule has 1 aromatic heterocycles. The third-order valence-electron chi connectivity index (χ3n) is 3.79. The van der Waals surface area contributed by atoms with E-state index in [1.165, 1.54) is 19.2 Å². The molecule has 3 aromatic rings. The van der Waals surface area contributed by atoms with Crippen LogP contribution in [0.3, 0.4) is 0 Å². The molecule has 138 valence electrons. The van der Waals surface area contributed by atoms with Crippen molar-refractivity contribution in [2.75, 3.05) is 5.32 Å². The molecule has 0 bridgehead atoms. The van der Waals surface area contributed by atoms with Gasteiger partial charge in [0.15, 0.2) is 11.6 Å². The molecule has 0 radical (unpaired) electrons. The topological polar surface area (TPSA) is 63.2 Å². The molecule has 0 fully saturated rings. The summed E-state index contributed by atoms with van der Waals surface area (Å²) >= 11 is 0. The number of nitrogens with one attached hydrogen (secondary N) is 2. The van der Waals surface area contributed by atoms with Crippen molar-refractivity contribution in [1.82, 2.24) is 10.3 Å². The number of halogens is 1. The first kappa shape index (κ1) is 18.5. The van der Waals surface area contributed by atoms with Crippen LogP contribution in [0.2, 0.25) is 0 Å². The first-order valence-electron chi connectivity index (χ1n) is 8.54. The van der Waals surface area contributed by atoms with E-state index >= 15 is 0 Å². The third-order valence-corrected chi connectivity index (χ3v) is 3.79. The van der Waals surface area contributed by atoms with E-state index in [0.29, 0.717) is 18.8 Å². The molecule has 0 aliphatic carbocycles. The first-order chi connectivity index (χ1) is 13.1. The summed E-state index contributed by atoms with van der Waals surface area (Å²) in [4.78, 5) is 15.0. The third kappa shape index (κ3) is 5.62. The van der Waals surface area contributed by atoms with Crippen LogP contribution in [-0.2, 0) is 17.9 Å². The van der Waals surface area contributed by atoms with Crippen molar-refractivity contribution in [3.63, 3.8) is 0 Å². The number of amides is 1. The number of benzene rings is 2. The van der Waals surface area contributed by atoms with Crippen molar-refractivity contribution in [3.8, 4) is 11.5 Å². The van der Waals surface area contributed by atoms with Gasteiger partial charge in [0.25, 0.3) is 0 Å². The summed E-state index contributed by atoms with van der Waals surface area (Å²) in [5.41, 5.74) is 2.65. The molecule has 0 spiro atoms. The summed E-state index contributed by atoms with van der Waals surface area (Å²) in [7, 11) is 0. The molecule has 3 rings (SSSR count). The minimum atomic E-state index is -0.419. The zero-order chi connectivity index (χ0) is 19.1. The van der Waals surface area contributed by atoms with Gasteiger partial charge in [0.05, 0.1) is 6.20 Å². The summed E-state index contributed by atoms with van der Waals surface area (Å²) in [6.45, 7) is 2.63. The van der Waals surface area contributed by atoms with Crippen molar-refractivity contribution in [2.24, 2.45) is 0 Å². The van der Waals surface area contributed by atoms with Gasteiger partial charge in [-0.25, -0.2) is 4.39 Å². The molecular formula is C21H20FN3O2. The standard InChI is InChI=1S/C21H20FN3O2/c1-15(26)25-18-7-4-16(5-8-18)12-24-13-17-6-9-21(20(22)11-17)27-19-3-2-10-23-14-19/h2-11,14,24H,12-13H2,1H3,(H,25,26). The van der Waals surface area contributed by atoms with Crippen molar-refractivity contribution in [1.29, 1.82) is 0 Å². The van der Waals surface area contributed by atoms with Gasteiger partial charge in [-0.3, -0.25) is 9.78 Å². The molecule has 1 amide bonds. The Morgan fingerprint density at radius 2 is 1.81 bits per heavy atom. The molecule has 0 saturated carbocycles.